The molecular formula is C14H20N2O2. The number of carbonyl (C=O) groups is 1. The lowest BCUT2D eigenvalue weighted by atomic mass is 10.1. The van der Waals surface area contributed by atoms with Gasteiger partial charge in [-0.05, 0) is 38.3 Å². The van der Waals surface area contributed by atoms with Crippen LogP contribution in [0.4, 0.5) is 5.82 Å². The predicted octanol–water partition coefficient (Wildman–Crippen LogP) is 2.86. The van der Waals surface area contributed by atoms with Crippen LogP contribution < -0.4 is 5.32 Å². The second-order valence-corrected chi connectivity index (χ2v) is 4.88. The van der Waals surface area contributed by atoms with Gasteiger partial charge in [0, 0.05) is 12.2 Å². The molecule has 1 aliphatic carbocycles. The van der Waals surface area contributed by atoms with Crippen molar-refractivity contribution in [2.24, 2.45) is 5.92 Å². The third-order valence-corrected chi connectivity index (χ3v) is 3.05. The fourth-order valence-electron chi connectivity index (χ4n) is 1.98. The summed E-state index contributed by atoms with van der Waals surface area (Å²) in [7, 11) is 0. The molecule has 1 atom stereocenters. The van der Waals surface area contributed by atoms with Gasteiger partial charge in [-0.15, -0.1) is 0 Å². The quantitative estimate of drug-likeness (QED) is 0.786. The maximum absolute atomic E-state index is 11.4. The molecule has 1 unspecified atom stereocenters. The Balaban J connectivity index is 1.88. The zero-order valence-corrected chi connectivity index (χ0v) is 11.0. The first-order valence-corrected chi connectivity index (χ1v) is 6.58. The van der Waals surface area contributed by atoms with Gasteiger partial charge in [0.2, 0.25) is 0 Å². The minimum atomic E-state index is -0.317. The summed E-state index contributed by atoms with van der Waals surface area (Å²) in [5, 5.41) is 3.35. The molecule has 1 aromatic heterocycles. The highest BCUT2D eigenvalue weighted by Crippen LogP contribution is 2.33. The zero-order chi connectivity index (χ0) is 13.0. The van der Waals surface area contributed by atoms with Crippen molar-refractivity contribution >= 4 is 11.8 Å². The lowest BCUT2D eigenvalue weighted by Gasteiger charge is -2.13. The van der Waals surface area contributed by atoms with Crippen LogP contribution in [0.5, 0.6) is 0 Å². The molecule has 0 spiro atoms. The fourth-order valence-corrected chi connectivity index (χ4v) is 1.98. The normalized spacial score (nSPS) is 16.1. The molecule has 1 N–H and O–H groups in total. The van der Waals surface area contributed by atoms with Gasteiger partial charge in [0.25, 0.3) is 0 Å². The summed E-state index contributed by atoms with van der Waals surface area (Å²) in [5.41, 5.74) is 0.497. The largest absolute Gasteiger partial charge is 0.462 e. The summed E-state index contributed by atoms with van der Waals surface area (Å²) in [4.78, 5) is 15.7. The fraction of sp³-hybridized carbons (Fsp3) is 0.571. The molecule has 18 heavy (non-hydrogen) atoms. The van der Waals surface area contributed by atoms with Crippen LogP contribution in [0.2, 0.25) is 0 Å². The number of anilines is 1. The highest BCUT2D eigenvalue weighted by Gasteiger charge is 2.23. The van der Waals surface area contributed by atoms with E-state index in [9.17, 15) is 4.79 Å². The molecule has 0 aromatic carbocycles. The first-order valence-electron chi connectivity index (χ1n) is 6.58. The Hall–Kier alpha value is -1.58. The Morgan fingerprint density at radius 1 is 1.56 bits per heavy atom. The number of rotatable bonds is 6. The molecule has 0 radical (unpaired) electrons. The third kappa shape index (κ3) is 3.72. The minimum Gasteiger partial charge on any atom is -0.462 e. The maximum atomic E-state index is 11.4. The van der Waals surface area contributed by atoms with Gasteiger partial charge in [0.1, 0.15) is 5.82 Å². The Labute approximate surface area is 108 Å². The smallest absolute Gasteiger partial charge is 0.339 e. The molecule has 1 aliphatic rings. The topological polar surface area (TPSA) is 51.2 Å². The number of hydrogen-bond acceptors (Lipinski definition) is 4. The molecular weight excluding hydrogens is 228 g/mol. The summed E-state index contributed by atoms with van der Waals surface area (Å²) in [6.07, 6.45) is 5.48. The van der Waals surface area contributed by atoms with Crippen molar-refractivity contribution in [2.75, 3.05) is 11.9 Å². The van der Waals surface area contributed by atoms with E-state index in [1.807, 2.05) is 6.07 Å². The monoisotopic (exact) mass is 248 g/mol. The van der Waals surface area contributed by atoms with Gasteiger partial charge >= 0.3 is 5.97 Å². The van der Waals surface area contributed by atoms with Crippen molar-refractivity contribution in [1.82, 2.24) is 4.98 Å². The first kappa shape index (κ1) is 12.9. The summed E-state index contributed by atoms with van der Waals surface area (Å²) >= 11 is 0. The molecule has 1 heterocycles. The van der Waals surface area contributed by atoms with Crippen molar-refractivity contribution in [1.29, 1.82) is 0 Å². The molecule has 0 amide bonds. The van der Waals surface area contributed by atoms with E-state index >= 15 is 0 Å². The highest BCUT2D eigenvalue weighted by atomic mass is 16.5. The van der Waals surface area contributed by atoms with Crippen LogP contribution in [0.3, 0.4) is 0 Å². The first-order chi connectivity index (χ1) is 8.69. The molecule has 4 heteroatoms. The zero-order valence-electron chi connectivity index (χ0n) is 11.0. The number of ether oxygens (including phenoxy) is 1. The van der Waals surface area contributed by atoms with Crippen LogP contribution in [0.1, 0.15) is 43.5 Å². The van der Waals surface area contributed by atoms with E-state index in [2.05, 4.69) is 17.2 Å². The highest BCUT2D eigenvalue weighted by molar-refractivity contribution is 5.89. The van der Waals surface area contributed by atoms with E-state index in [0.717, 1.165) is 11.7 Å². The molecule has 1 aromatic rings. The molecule has 4 nitrogen and oxygen atoms in total. The van der Waals surface area contributed by atoms with Gasteiger partial charge in [-0.25, -0.2) is 9.78 Å². The molecule has 0 aliphatic heterocycles. The average Bonchev–Trinajstić information content (AvgIpc) is 3.14. The second kappa shape index (κ2) is 5.85. The van der Waals surface area contributed by atoms with Gasteiger partial charge in [-0.3, -0.25) is 0 Å². The number of aromatic nitrogens is 1. The number of pyridine rings is 1. The summed E-state index contributed by atoms with van der Waals surface area (Å²) < 4.78 is 4.91. The van der Waals surface area contributed by atoms with E-state index in [4.69, 9.17) is 4.74 Å². The van der Waals surface area contributed by atoms with Gasteiger partial charge in [0.05, 0.1) is 12.2 Å². The molecule has 0 saturated heterocycles. The number of hydrogen-bond donors (Lipinski definition) is 1. The third-order valence-electron chi connectivity index (χ3n) is 3.05. The number of esters is 1. The van der Waals surface area contributed by atoms with Crippen LogP contribution in [-0.2, 0) is 4.74 Å². The number of carbonyl (C=O) groups excluding carboxylic acids is 1. The Bertz CT molecular complexity index is 399. The molecule has 98 valence electrons. The SMILES string of the molecule is CCOC(=O)c1ccc(NC(C)CC2CC2)nc1. The van der Waals surface area contributed by atoms with Gasteiger partial charge in [0.15, 0.2) is 0 Å². The second-order valence-electron chi connectivity index (χ2n) is 4.88. The predicted molar refractivity (Wildman–Crippen MR) is 70.6 cm³/mol. The lowest BCUT2D eigenvalue weighted by molar-refractivity contribution is 0.0526. The standard InChI is InChI=1S/C14H20N2O2/c1-3-18-14(17)12-6-7-13(15-9-12)16-10(2)8-11-4-5-11/h6-7,9-11H,3-5,8H2,1-2H3,(H,15,16). The van der Waals surface area contributed by atoms with Crippen molar-refractivity contribution in [2.45, 2.75) is 39.2 Å². The van der Waals surface area contributed by atoms with E-state index in [1.165, 1.54) is 19.3 Å². The van der Waals surface area contributed by atoms with Gasteiger partial charge in [-0.1, -0.05) is 12.8 Å². The van der Waals surface area contributed by atoms with E-state index in [1.54, 1.807) is 19.2 Å². The van der Waals surface area contributed by atoms with Crippen LogP contribution in [0, 0.1) is 5.92 Å². The Kier molecular flexibility index (Phi) is 4.18. The van der Waals surface area contributed by atoms with E-state index < -0.39 is 0 Å². The summed E-state index contributed by atoms with van der Waals surface area (Å²) in [6.45, 7) is 4.34. The summed E-state index contributed by atoms with van der Waals surface area (Å²) in [5.74, 6) is 1.39. The van der Waals surface area contributed by atoms with Crippen molar-refractivity contribution in [3.8, 4) is 0 Å². The number of nitrogens with one attached hydrogen (secondary N) is 1. The van der Waals surface area contributed by atoms with Gasteiger partial charge < -0.3 is 10.1 Å². The molecule has 2 rings (SSSR count). The Morgan fingerprint density at radius 2 is 2.33 bits per heavy atom. The van der Waals surface area contributed by atoms with E-state index in [-0.39, 0.29) is 5.97 Å². The summed E-state index contributed by atoms with van der Waals surface area (Å²) in [6, 6.07) is 4.01. The number of nitrogens with zero attached hydrogens (tertiary/aromatic N) is 1. The molecule has 0 bridgehead atoms. The van der Waals surface area contributed by atoms with Crippen molar-refractivity contribution in [3.05, 3.63) is 23.9 Å². The Morgan fingerprint density at radius 3 is 2.89 bits per heavy atom. The van der Waals surface area contributed by atoms with Gasteiger partial charge in [-0.2, -0.15) is 0 Å². The molecule has 1 saturated carbocycles. The van der Waals surface area contributed by atoms with E-state index in [0.29, 0.717) is 18.2 Å². The van der Waals surface area contributed by atoms with Crippen LogP contribution in [0.15, 0.2) is 18.3 Å². The van der Waals surface area contributed by atoms with Crippen molar-refractivity contribution in [3.63, 3.8) is 0 Å². The maximum Gasteiger partial charge on any atom is 0.339 e. The van der Waals surface area contributed by atoms with Crippen LogP contribution >= 0.6 is 0 Å². The van der Waals surface area contributed by atoms with Crippen molar-refractivity contribution < 1.29 is 9.53 Å². The minimum absolute atomic E-state index is 0.317. The lowest BCUT2D eigenvalue weighted by Crippen LogP contribution is -2.16. The average molecular weight is 248 g/mol. The molecule has 1 fully saturated rings. The van der Waals surface area contributed by atoms with Crippen LogP contribution in [0.25, 0.3) is 0 Å². The van der Waals surface area contributed by atoms with Crippen LogP contribution in [-0.4, -0.2) is 23.6 Å².